The quantitative estimate of drug-likeness (QED) is 0.0444. The summed E-state index contributed by atoms with van der Waals surface area (Å²) in [4.78, 5) is 0. The van der Waals surface area contributed by atoms with Gasteiger partial charge in [-0.2, -0.15) is 0 Å². The predicted octanol–water partition coefficient (Wildman–Crippen LogP) is 23.4. The van der Waals surface area contributed by atoms with Crippen LogP contribution in [-0.4, -0.2) is 133 Å². The van der Waals surface area contributed by atoms with Crippen molar-refractivity contribution < 1.29 is 53.7 Å². The molecule has 0 heterocycles. The summed E-state index contributed by atoms with van der Waals surface area (Å²) in [6, 6.07) is 21.0. The van der Waals surface area contributed by atoms with E-state index in [1.165, 1.54) is 0 Å². The summed E-state index contributed by atoms with van der Waals surface area (Å²) in [5.74, 6) is 0. The van der Waals surface area contributed by atoms with Crippen LogP contribution in [0.2, 0.25) is 121 Å². The molecule has 0 amide bonds. The molecule has 0 unspecified atom stereocenters. The molecule has 0 saturated heterocycles. The minimum Gasteiger partial charge on any atom is -0.381 e. The van der Waals surface area contributed by atoms with E-state index in [0.29, 0.717) is 183 Å². The molecule has 0 aromatic rings. The van der Waals surface area contributed by atoms with Crippen LogP contribution in [0.3, 0.4) is 0 Å². The van der Waals surface area contributed by atoms with E-state index in [-0.39, 0.29) is 13.2 Å². The first-order valence-electron chi connectivity index (χ1n) is 45.3. The summed E-state index contributed by atoms with van der Waals surface area (Å²) < 4.78 is 170. The Morgan fingerprint density at radius 3 is 0.524 bits per heavy atom. The van der Waals surface area contributed by atoms with E-state index < -0.39 is 51.2 Å². The van der Waals surface area contributed by atoms with Gasteiger partial charge in [0, 0.05) is 60.2 Å². The van der Waals surface area contributed by atoms with Crippen molar-refractivity contribution in [2.45, 2.75) is 360 Å². The maximum Gasteiger partial charge on any atom is 0.0637 e. The van der Waals surface area contributed by atoms with E-state index in [0.717, 1.165) is 249 Å². The molecule has 0 radical (unpaired) electrons. The second-order valence-corrected chi connectivity index (χ2v) is 51.5. The number of hydrogen-bond acceptors (Lipinski definition) is 7. The lowest BCUT2D eigenvalue weighted by molar-refractivity contribution is -0.142. The number of rotatable bonds is 67. The highest BCUT2D eigenvalue weighted by molar-refractivity contribution is 6.81. The van der Waals surface area contributed by atoms with Gasteiger partial charge in [-0.3, -0.25) is 0 Å². The van der Waals surface area contributed by atoms with Crippen LogP contribution in [-0.2, 0) is 33.2 Å². The highest BCUT2D eigenvalue weighted by atomic mass is 28.3. The van der Waals surface area contributed by atoms with Crippen LogP contribution in [0.15, 0.2) is 0 Å². The summed E-state index contributed by atoms with van der Waals surface area (Å²) >= 11 is 0. The lowest BCUT2D eigenvalue weighted by Crippen LogP contribution is -2.46. The van der Waals surface area contributed by atoms with Crippen LogP contribution in [0.4, 0.5) is 0 Å². The Morgan fingerprint density at radius 1 is 0.214 bits per heavy atom. The van der Waals surface area contributed by atoms with Crippen molar-refractivity contribution in [3.63, 3.8) is 0 Å². The van der Waals surface area contributed by atoms with Gasteiger partial charge < -0.3 is 33.2 Å². The lowest BCUT2D eigenvalue weighted by atomic mass is 9.90. The molecule has 0 aliphatic heterocycles. The van der Waals surface area contributed by atoms with Crippen LogP contribution in [0.5, 0.6) is 0 Å². The molecule has 0 rings (SSSR count). The van der Waals surface area contributed by atoms with Gasteiger partial charge in [0.15, 0.2) is 0 Å². The minimum absolute atomic E-state index is 0.257. The molecule has 506 valence electrons. The maximum absolute atomic E-state index is 8.12. The van der Waals surface area contributed by atoms with Gasteiger partial charge >= 0.3 is 0 Å². The fraction of sp³-hybridized carbons (Fsp3) is 1.00. The third-order valence-electron chi connectivity index (χ3n) is 19.1. The molecule has 0 aliphatic rings. The van der Waals surface area contributed by atoms with Crippen molar-refractivity contribution in [2.75, 3.05) is 92.5 Å². The van der Waals surface area contributed by atoms with E-state index in [1.54, 1.807) is 0 Å². The number of ether oxygens (including phenoxy) is 7. The van der Waals surface area contributed by atoms with Gasteiger partial charge in [0.25, 0.3) is 0 Å². The lowest BCUT2D eigenvalue weighted by Gasteiger charge is -2.37. The molecule has 0 bridgehead atoms. The summed E-state index contributed by atoms with van der Waals surface area (Å²) in [6.07, 6.45) is 17.2. The van der Waals surface area contributed by atoms with Gasteiger partial charge in [0.05, 0.1) is 104 Å². The smallest absolute Gasteiger partial charge is 0.0637 e. The van der Waals surface area contributed by atoms with Crippen LogP contribution in [0.25, 0.3) is 0 Å². The molecular weight excluding hydrogens is 1120 g/mol. The topological polar surface area (TPSA) is 64.6 Å². The van der Waals surface area contributed by atoms with Crippen molar-refractivity contribution in [3.8, 4) is 0 Å². The van der Waals surface area contributed by atoms with Gasteiger partial charge in [-0.25, -0.2) is 0 Å². The largest absolute Gasteiger partial charge is 0.381 e. The first-order chi connectivity index (χ1) is 48.2. The molecule has 84 heavy (non-hydrogen) atoms. The molecule has 0 aliphatic carbocycles. The molecule has 0 spiro atoms. The van der Waals surface area contributed by atoms with Gasteiger partial charge in [0.2, 0.25) is 0 Å². The molecular formula is C72H156O7Si5. The SMILES string of the molecule is [3H]CCC[Si](CCC[3H])(CCC[3H])CCCOCC(COCC)(COCCC[Si](CCC[3H])(CCC[3H])CCC[3H])COCC(COCCC[Si](CCC[3H])(CCC[3H])CCC[3H])(COCCC[Si](CCC[3H])(CCC[3H])CCC[3H])COCCC[Si](CCC[3H])(CCC[3H])CCC[3H]. The van der Waals surface area contributed by atoms with Crippen molar-refractivity contribution in [3.05, 3.63) is 0 Å². The molecule has 0 aromatic carbocycles. The summed E-state index contributed by atoms with van der Waals surface area (Å²) in [5.41, 5.74) is -1.46. The second kappa shape index (κ2) is 53.3. The van der Waals surface area contributed by atoms with E-state index in [2.05, 4.69) is 0 Å². The average molecular weight is 1300 g/mol. The number of hydrogen-bond donors (Lipinski definition) is 0. The Hall–Kier alpha value is 0.804. The monoisotopic (exact) mass is 1300 g/mol. The highest BCUT2D eigenvalue weighted by Crippen LogP contribution is 2.37. The van der Waals surface area contributed by atoms with Gasteiger partial charge in [0.1, 0.15) is 0 Å². The maximum atomic E-state index is 8.12. The standard InChI is InChI=1S/C72H156O7Si5/c1-17-43-80(44-18-2,45-19-3)58-33-38-74-64-71(63-73-32-16,65-75-39-34-59-81(46-20-4,47-21-5)48-22-6)69-79-70-72(66-76-40-35-60-82(49-23-7,50-24-8)51-25-9,67-77-41-36-61-83(52-26-10,53-27-11)54-28-12)68-78-42-37-62-84(55-29-13,56-30-14)57-31-15/h17-70H2,1-16H3/i1T,2T,3T,4T,5T,6T,7T,8T,9T,10T,11T,12T,13T,14T,15T. The van der Waals surface area contributed by atoms with Gasteiger partial charge in [-0.1, -0.05) is 321 Å². The average Bonchev–Trinajstić information content (AvgIpc) is 0.870. The van der Waals surface area contributed by atoms with E-state index in [9.17, 15) is 0 Å². The first-order valence-corrected chi connectivity index (χ1v) is 48.8. The highest BCUT2D eigenvalue weighted by Gasteiger charge is 2.39. The molecule has 0 aromatic heterocycles. The van der Waals surface area contributed by atoms with Crippen LogP contribution in [0, 0.1) is 10.8 Å². The third kappa shape index (κ3) is 36.2. The van der Waals surface area contributed by atoms with Gasteiger partial charge in [-0.05, 0) is 39.0 Å². The van der Waals surface area contributed by atoms with E-state index in [4.69, 9.17) is 53.7 Å². The van der Waals surface area contributed by atoms with Crippen molar-refractivity contribution in [1.29, 1.82) is 0 Å². The minimum atomic E-state index is -1.88. The van der Waals surface area contributed by atoms with Gasteiger partial charge in [-0.15, -0.1) is 0 Å². The third-order valence-corrected chi connectivity index (χ3v) is 47.3. The molecule has 0 N–H and O–H groups in total. The second-order valence-electron chi connectivity index (χ2n) is 26.5. The van der Waals surface area contributed by atoms with Crippen molar-refractivity contribution in [2.24, 2.45) is 10.8 Å². The van der Waals surface area contributed by atoms with Crippen LogP contribution in [0.1, 0.15) is 259 Å². The van der Waals surface area contributed by atoms with E-state index >= 15 is 0 Å². The fourth-order valence-electron chi connectivity index (χ4n) is 14.9. The van der Waals surface area contributed by atoms with Crippen LogP contribution < -0.4 is 0 Å². The Kier molecular flexibility index (Phi) is 38.7. The van der Waals surface area contributed by atoms with Crippen molar-refractivity contribution in [1.82, 2.24) is 0 Å². The normalized spacial score (nSPS) is 15.6. The summed E-state index contributed by atoms with van der Waals surface area (Å²) in [5, 5.41) is 0. The summed E-state index contributed by atoms with van der Waals surface area (Å²) in [6.45, 7) is 13.6. The Morgan fingerprint density at radius 2 is 0.369 bits per heavy atom. The predicted molar refractivity (Wildman–Crippen MR) is 389 cm³/mol. The Bertz CT molecular complexity index is 1480. The Balaban J connectivity index is 7.99. The molecule has 12 heteroatoms. The van der Waals surface area contributed by atoms with E-state index in [1.807, 2.05) is 6.92 Å². The first kappa shape index (κ1) is 61.0. The Labute approximate surface area is 554 Å². The zero-order chi connectivity index (χ0) is 73.2. The molecule has 0 saturated carbocycles. The molecule has 0 atom stereocenters. The zero-order valence-corrected chi connectivity index (χ0v) is 61.1. The zero-order valence-electron chi connectivity index (χ0n) is 71.1. The molecule has 0 fully saturated rings. The van der Waals surface area contributed by atoms with Crippen LogP contribution >= 0.6 is 0 Å². The fourth-order valence-corrected chi connectivity index (χ4v) is 38.1. The summed E-state index contributed by atoms with van der Waals surface area (Å²) in [7, 11) is -9.34. The molecule has 7 nitrogen and oxygen atoms in total. The van der Waals surface area contributed by atoms with Crippen molar-refractivity contribution >= 4 is 40.4 Å².